The van der Waals surface area contributed by atoms with Gasteiger partial charge in [-0.2, -0.15) is 10.4 Å². The van der Waals surface area contributed by atoms with Crippen molar-refractivity contribution < 1.29 is 0 Å². The van der Waals surface area contributed by atoms with Gasteiger partial charge in [-0.1, -0.05) is 6.07 Å². The second-order valence-corrected chi connectivity index (χ2v) is 7.19. The van der Waals surface area contributed by atoms with Gasteiger partial charge in [0, 0.05) is 61.1 Å². The van der Waals surface area contributed by atoms with Crippen molar-refractivity contribution >= 4 is 22.2 Å². The second-order valence-electron chi connectivity index (χ2n) is 7.19. The first-order valence-electron chi connectivity index (χ1n) is 9.27. The molecule has 5 rings (SSSR count). The third kappa shape index (κ3) is 2.55. The minimum atomic E-state index is 0.158. The summed E-state index contributed by atoms with van der Waals surface area (Å²) in [5, 5.41) is 14.9. The molecular formula is C21H20N6. The Morgan fingerprint density at radius 3 is 2.81 bits per heavy atom. The Bertz CT molecular complexity index is 1170. The number of aromatic nitrogens is 4. The summed E-state index contributed by atoms with van der Waals surface area (Å²) in [5.74, 6) is 1.11. The Labute approximate surface area is 157 Å². The van der Waals surface area contributed by atoms with E-state index in [9.17, 15) is 0 Å². The van der Waals surface area contributed by atoms with Crippen molar-refractivity contribution in [2.75, 3.05) is 18.0 Å². The summed E-state index contributed by atoms with van der Waals surface area (Å²) in [5.41, 5.74) is 4.48. The topological polar surface area (TPSA) is 62.2 Å². The fourth-order valence-electron chi connectivity index (χ4n) is 4.04. The highest BCUT2D eigenvalue weighted by atomic mass is 15.3. The molecule has 3 aromatic heterocycles. The summed E-state index contributed by atoms with van der Waals surface area (Å²) in [4.78, 5) is 6.97. The standard InChI is InChI=1S/C21H20N6/c1-25-8-6-17-12-16(2-3-19(17)25)18-14-24-27-11-7-23-21(20(18)27)26-9-4-15(13-22)5-10-26/h2-3,6-8,11-12,14-15H,4-5,9-10H2,1H3. The van der Waals surface area contributed by atoms with Gasteiger partial charge in [0.1, 0.15) is 5.52 Å². The molecule has 0 radical (unpaired) electrons. The van der Waals surface area contributed by atoms with Crippen LogP contribution in [-0.2, 0) is 7.05 Å². The number of nitriles is 1. The van der Waals surface area contributed by atoms with Crippen LogP contribution in [0.25, 0.3) is 27.5 Å². The van der Waals surface area contributed by atoms with Crippen molar-refractivity contribution in [3.8, 4) is 17.2 Å². The average molecular weight is 356 g/mol. The van der Waals surface area contributed by atoms with Crippen LogP contribution in [0.4, 0.5) is 5.82 Å². The predicted molar refractivity (Wildman–Crippen MR) is 105 cm³/mol. The van der Waals surface area contributed by atoms with E-state index in [2.05, 4.69) is 63.1 Å². The molecule has 0 N–H and O–H groups in total. The molecule has 134 valence electrons. The van der Waals surface area contributed by atoms with Crippen LogP contribution in [0, 0.1) is 17.2 Å². The first kappa shape index (κ1) is 15.9. The molecule has 6 nitrogen and oxygen atoms in total. The molecule has 0 aliphatic carbocycles. The maximum atomic E-state index is 9.17. The van der Waals surface area contributed by atoms with Crippen LogP contribution in [0.5, 0.6) is 0 Å². The summed E-state index contributed by atoms with van der Waals surface area (Å²) in [7, 11) is 2.06. The lowest BCUT2D eigenvalue weighted by Crippen LogP contribution is -2.34. The lowest BCUT2D eigenvalue weighted by atomic mass is 9.98. The number of piperidine rings is 1. The summed E-state index contributed by atoms with van der Waals surface area (Å²) in [6, 6.07) is 11.1. The molecule has 1 aromatic carbocycles. The molecule has 4 aromatic rings. The Morgan fingerprint density at radius 1 is 1.15 bits per heavy atom. The third-order valence-electron chi connectivity index (χ3n) is 5.59. The number of anilines is 1. The number of aryl methyl sites for hydroxylation is 1. The summed E-state index contributed by atoms with van der Waals surface area (Å²) < 4.78 is 4.03. The molecule has 1 saturated heterocycles. The largest absolute Gasteiger partial charge is 0.355 e. The molecule has 0 spiro atoms. The van der Waals surface area contributed by atoms with Crippen LogP contribution in [0.1, 0.15) is 12.8 Å². The number of nitrogens with zero attached hydrogens (tertiary/aromatic N) is 6. The fraction of sp³-hybridized carbons (Fsp3) is 0.286. The molecular weight excluding hydrogens is 336 g/mol. The maximum Gasteiger partial charge on any atom is 0.155 e. The van der Waals surface area contributed by atoms with Gasteiger partial charge >= 0.3 is 0 Å². The fourth-order valence-corrected chi connectivity index (χ4v) is 4.04. The highest BCUT2D eigenvalue weighted by Gasteiger charge is 2.23. The smallest absolute Gasteiger partial charge is 0.155 e. The van der Waals surface area contributed by atoms with Gasteiger partial charge in [-0.15, -0.1) is 0 Å². The van der Waals surface area contributed by atoms with Gasteiger partial charge in [-0.25, -0.2) is 9.50 Å². The van der Waals surface area contributed by atoms with Gasteiger partial charge in [0.15, 0.2) is 5.82 Å². The highest BCUT2D eigenvalue weighted by molar-refractivity contribution is 5.93. The molecule has 27 heavy (non-hydrogen) atoms. The lowest BCUT2D eigenvalue weighted by molar-refractivity contribution is 0.485. The van der Waals surface area contributed by atoms with Gasteiger partial charge in [0.25, 0.3) is 0 Å². The molecule has 6 heteroatoms. The normalized spacial score (nSPS) is 15.5. The van der Waals surface area contributed by atoms with Crippen LogP contribution >= 0.6 is 0 Å². The number of benzene rings is 1. The molecule has 1 aliphatic rings. The van der Waals surface area contributed by atoms with Crippen molar-refractivity contribution in [2.24, 2.45) is 13.0 Å². The van der Waals surface area contributed by atoms with E-state index in [1.54, 1.807) is 6.20 Å². The van der Waals surface area contributed by atoms with Crippen LogP contribution in [0.15, 0.2) is 49.1 Å². The molecule has 0 unspecified atom stereocenters. The third-order valence-corrected chi connectivity index (χ3v) is 5.59. The molecule has 1 fully saturated rings. The molecule has 4 heterocycles. The summed E-state index contributed by atoms with van der Waals surface area (Å²) >= 11 is 0. The zero-order valence-electron chi connectivity index (χ0n) is 15.2. The van der Waals surface area contributed by atoms with Crippen molar-refractivity contribution in [1.82, 2.24) is 19.2 Å². The van der Waals surface area contributed by atoms with Crippen LogP contribution in [0.2, 0.25) is 0 Å². The first-order chi connectivity index (χ1) is 13.2. The molecule has 0 atom stereocenters. The number of hydrogen-bond acceptors (Lipinski definition) is 4. The van der Waals surface area contributed by atoms with Crippen LogP contribution < -0.4 is 4.90 Å². The quantitative estimate of drug-likeness (QED) is 0.550. The maximum absolute atomic E-state index is 9.17. The van der Waals surface area contributed by atoms with E-state index >= 15 is 0 Å². The second kappa shape index (κ2) is 6.13. The van der Waals surface area contributed by atoms with E-state index < -0.39 is 0 Å². The minimum absolute atomic E-state index is 0.158. The van der Waals surface area contributed by atoms with Crippen molar-refractivity contribution in [1.29, 1.82) is 5.26 Å². The Morgan fingerprint density at radius 2 is 2.00 bits per heavy atom. The molecule has 0 bridgehead atoms. The van der Waals surface area contributed by atoms with E-state index in [0.29, 0.717) is 0 Å². The number of rotatable bonds is 2. The lowest BCUT2D eigenvalue weighted by Gasteiger charge is -2.30. The van der Waals surface area contributed by atoms with Gasteiger partial charge in [-0.05, 0) is 36.6 Å². The van der Waals surface area contributed by atoms with Gasteiger partial charge < -0.3 is 9.47 Å². The van der Waals surface area contributed by atoms with Crippen molar-refractivity contribution in [3.05, 3.63) is 49.1 Å². The zero-order valence-corrected chi connectivity index (χ0v) is 15.2. The Hall–Kier alpha value is -3.33. The zero-order chi connectivity index (χ0) is 18.4. The molecule has 1 aliphatic heterocycles. The number of fused-ring (bicyclic) bond motifs is 2. The SMILES string of the molecule is Cn1ccc2cc(-c3cnn4ccnc(N5CCC(C#N)CC5)c34)ccc21. The summed E-state index contributed by atoms with van der Waals surface area (Å²) in [6.07, 6.45) is 9.47. The van der Waals surface area contributed by atoms with E-state index in [0.717, 1.165) is 48.4 Å². The van der Waals surface area contributed by atoms with Gasteiger partial charge in [-0.3, -0.25) is 0 Å². The van der Waals surface area contributed by atoms with E-state index in [-0.39, 0.29) is 5.92 Å². The number of hydrogen-bond donors (Lipinski definition) is 0. The van der Waals surface area contributed by atoms with Crippen molar-refractivity contribution in [3.63, 3.8) is 0 Å². The van der Waals surface area contributed by atoms with E-state index in [4.69, 9.17) is 5.26 Å². The molecule has 0 saturated carbocycles. The van der Waals surface area contributed by atoms with Gasteiger partial charge in [0.05, 0.1) is 12.3 Å². The van der Waals surface area contributed by atoms with Crippen LogP contribution in [0.3, 0.4) is 0 Å². The Kier molecular flexibility index (Phi) is 3.61. The molecule has 0 amide bonds. The average Bonchev–Trinajstić information content (AvgIpc) is 3.31. The van der Waals surface area contributed by atoms with Crippen LogP contribution in [-0.4, -0.2) is 32.3 Å². The van der Waals surface area contributed by atoms with E-state index in [1.165, 1.54) is 10.9 Å². The minimum Gasteiger partial charge on any atom is -0.355 e. The highest BCUT2D eigenvalue weighted by Crippen LogP contribution is 2.33. The first-order valence-corrected chi connectivity index (χ1v) is 9.27. The van der Waals surface area contributed by atoms with E-state index in [1.807, 2.05) is 16.9 Å². The van der Waals surface area contributed by atoms with Crippen molar-refractivity contribution in [2.45, 2.75) is 12.8 Å². The van der Waals surface area contributed by atoms with Gasteiger partial charge in [0.2, 0.25) is 0 Å². The predicted octanol–water partition coefficient (Wildman–Crippen LogP) is 3.63. The Balaban J connectivity index is 1.62. The monoisotopic (exact) mass is 356 g/mol. The summed E-state index contributed by atoms with van der Waals surface area (Å²) in [6.45, 7) is 1.71.